The van der Waals surface area contributed by atoms with Gasteiger partial charge >= 0.3 is 0 Å². The Morgan fingerprint density at radius 3 is 2.33 bits per heavy atom. The van der Waals surface area contributed by atoms with Gasteiger partial charge in [0.1, 0.15) is 24.6 Å². The van der Waals surface area contributed by atoms with Gasteiger partial charge in [0.25, 0.3) is 0 Å². The van der Waals surface area contributed by atoms with E-state index in [2.05, 4.69) is 36.1 Å². The molecule has 2 amide bonds. The molecule has 3 rings (SSSR count). The first kappa shape index (κ1) is 34.4. The van der Waals surface area contributed by atoms with Crippen LogP contribution in [0.3, 0.4) is 0 Å². The first-order valence-corrected chi connectivity index (χ1v) is 14.2. The van der Waals surface area contributed by atoms with Crippen LogP contribution in [0.2, 0.25) is 0 Å². The summed E-state index contributed by atoms with van der Waals surface area (Å²) in [5, 5.41) is 5.82. The summed E-state index contributed by atoms with van der Waals surface area (Å²) in [6, 6.07) is 9.73. The van der Waals surface area contributed by atoms with Crippen molar-refractivity contribution in [3.63, 3.8) is 0 Å². The van der Waals surface area contributed by atoms with Crippen molar-refractivity contribution in [3.8, 4) is 5.75 Å². The molecular weight excluding hydrogens is 539 g/mol. The molecule has 9 nitrogen and oxygen atoms in total. The third kappa shape index (κ3) is 11.3. The number of methoxy groups -OCH3 is 1. The molecule has 1 aliphatic heterocycles. The molecule has 0 aromatic heterocycles. The van der Waals surface area contributed by atoms with Gasteiger partial charge in [-0.2, -0.15) is 0 Å². The molecule has 10 heteroatoms. The number of halogens is 1. The topological polar surface area (TPSA) is 101 Å². The largest absolute Gasteiger partial charge is 0.491 e. The Hall–Kier alpha value is -3.76. The summed E-state index contributed by atoms with van der Waals surface area (Å²) in [6.45, 7) is 15.9. The van der Waals surface area contributed by atoms with E-state index < -0.39 is 17.3 Å². The molecule has 0 atom stereocenters. The van der Waals surface area contributed by atoms with Gasteiger partial charge in [-0.3, -0.25) is 14.6 Å². The average molecular weight is 585 g/mol. The number of unbranched alkanes of at least 4 members (excludes halogenated alkanes) is 1. The number of ether oxygens (including phenoxy) is 3. The van der Waals surface area contributed by atoms with Crippen LogP contribution >= 0.6 is 0 Å². The summed E-state index contributed by atoms with van der Waals surface area (Å²) >= 11 is 0. The number of nitrogens with one attached hydrogen (secondary N) is 2. The molecule has 0 unspecified atom stereocenters. The van der Waals surface area contributed by atoms with Gasteiger partial charge in [-0.1, -0.05) is 33.3 Å². The summed E-state index contributed by atoms with van der Waals surface area (Å²) < 4.78 is 31.1. The van der Waals surface area contributed by atoms with Crippen LogP contribution in [0.4, 0.5) is 21.5 Å². The van der Waals surface area contributed by atoms with Gasteiger partial charge in [0.05, 0.1) is 30.1 Å². The second-order valence-corrected chi connectivity index (χ2v) is 10.4. The molecule has 1 aliphatic rings. The van der Waals surface area contributed by atoms with Crippen molar-refractivity contribution in [2.75, 3.05) is 50.7 Å². The standard InChI is InChI=1S/C28H35FN4O5.C4H10/c1-6-30-24-16-22(37-14-13-36-5)15-23(29)27(24)19(2)31-20-7-9-21(10-8-20)32-25(34)17-26(35)33-11-12-38-28(3,4)18-33;1-3-4-2/h6-10,15-16,31H,2,11-14,17-18H2,1,3-5H3,(H,32,34);3-4H2,1-2H3. The van der Waals surface area contributed by atoms with Crippen LogP contribution in [0.15, 0.2) is 48.0 Å². The van der Waals surface area contributed by atoms with Crippen LogP contribution in [0, 0.1) is 5.82 Å². The Morgan fingerprint density at radius 1 is 1.12 bits per heavy atom. The monoisotopic (exact) mass is 584 g/mol. The first-order valence-electron chi connectivity index (χ1n) is 14.2. The van der Waals surface area contributed by atoms with Crippen molar-refractivity contribution in [1.82, 2.24) is 4.90 Å². The normalized spacial score (nSPS) is 14.1. The maximum absolute atomic E-state index is 15.0. The molecular formula is C32H45FN4O5. The molecule has 2 N–H and O–H groups in total. The molecule has 0 radical (unpaired) electrons. The molecule has 42 heavy (non-hydrogen) atoms. The lowest BCUT2D eigenvalue weighted by molar-refractivity contribution is -0.147. The van der Waals surface area contributed by atoms with Crippen molar-refractivity contribution in [2.24, 2.45) is 4.99 Å². The van der Waals surface area contributed by atoms with Gasteiger partial charge in [0.2, 0.25) is 11.8 Å². The molecule has 0 bridgehead atoms. The van der Waals surface area contributed by atoms with Gasteiger partial charge in [0, 0.05) is 55.6 Å². The van der Waals surface area contributed by atoms with Crippen molar-refractivity contribution in [1.29, 1.82) is 0 Å². The van der Waals surface area contributed by atoms with E-state index in [4.69, 9.17) is 14.2 Å². The van der Waals surface area contributed by atoms with Gasteiger partial charge < -0.3 is 29.7 Å². The zero-order chi connectivity index (χ0) is 31.1. The number of morpholine rings is 1. The second-order valence-electron chi connectivity index (χ2n) is 10.4. The number of benzene rings is 2. The lowest BCUT2D eigenvalue weighted by Crippen LogP contribution is -2.51. The maximum atomic E-state index is 15.0. The van der Waals surface area contributed by atoms with Crippen molar-refractivity contribution < 1.29 is 28.2 Å². The van der Waals surface area contributed by atoms with Crippen molar-refractivity contribution in [3.05, 3.63) is 54.4 Å². The highest BCUT2D eigenvalue weighted by Gasteiger charge is 2.30. The molecule has 1 fully saturated rings. The molecule has 0 aliphatic carbocycles. The molecule has 1 saturated heterocycles. The second kappa shape index (κ2) is 17.3. The highest BCUT2D eigenvalue weighted by Crippen LogP contribution is 2.33. The number of aliphatic imine (C=N–C) groups is 1. The van der Waals surface area contributed by atoms with E-state index in [1.165, 1.54) is 18.9 Å². The highest BCUT2D eigenvalue weighted by atomic mass is 19.1. The summed E-state index contributed by atoms with van der Waals surface area (Å²) in [6.07, 6.45) is 3.95. The smallest absolute Gasteiger partial charge is 0.233 e. The fourth-order valence-corrected chi connectivity index (χ4v) is 3.99. The molecule has 0 saturated carbocycles. The molecule has 230 valence electrons. The number of hydrogen-bond donors (Lipinski definition) is 2. The van der Waals surface area contributed by atoms with E-state index in [-0.39, 0.29) is 24.5 Å². The van der Waals surface area contributed by atoms with Gasteiger partial charge in [0.15, 0.2) is 0 Å². The van der Waals surface area contributed by atoms with Crippen LogP contribution in [0.5, 0.6) is 5.75 Å². The quantitative estimate of drug-likeness (QED) is 0.169. The number of amides is 2. The fourth-order valence-electron chi connectivity index (χ4n) is 3.99. The number of carbonyl (C=O) groups excluding carboxylic acids is 2. The minimum Gasteiger partial charge on any atom is -0.491 e. The predicted octanol–water partition coefficient (Wildman–Crippen LogP) is 6.43. The lowest BCUT2D eigenvalue weighted by Gasteiger charge is -2.38. The molecule has 1 heterocycles. The van der Waals surface area contributed by atoms with E-state index in [1.54, 1.807) is 55.5 Å². The van der Waals surface area contributed by atoms with Crippen LogP contribution < -0.4 is 15.4 Å². The predicted molar refractivity (Wildman–Crippen MR) is 167 cm³/mol. The van der Waals surface area contributed by atoms with E-state index in [1.807, 2.05) is 13.8 Å². The van der Waals surface area contributed by atoms with E-state index in [0.717, 1.165) is 0 Å². The Bertz CT molecular complexity index is 1210. The highest BCUT2D eigenvalue weighted by molar-refractivity contribution is 6.03. The summed E-state index contributed by atoms with van der Waals surface area (Å²) in [7, 11) is 1.56. The number of carbonyl (C=O) groups is 2. The third-order valence-electron chi connectivity index (χ3n) is 6.22. The zero-order valence-corrected chi connectivity index (χ0v) is 25.7. The van der Waals surface area contributed by atoms with Gasteiger partial charge in [-0.15, -0.1) is 0 Å². The van der Waals surface area contributed by atoms with Gasteiger partial charge in [-0.25, -0.2) is 4.39 Å². The van der Waals surface area contributed by atoms with E-state index in [9.17, 15) is 9.59 Å². The summed E-state index contributed by atoms with van der Waals surface area (Å²) in [5.41, 5.74) is 1.62. The van der Waals surface area contributed by atoms with Crippen molar-refractivity contribution >= 4 is 40.8 Å². The molecule has 2 aromatic rings. The third-order valence-corrected chi connectivity index (χ3v) is 6.22. The van der Waals surface area contributed by atoms with Crippen molar-refractivity contribution in [2.45, 2.75) is 59.5 Å². The number of rotatable bonds is 12. The lowest BCUT2D eigenvalue weighted by atomic mass is 10.1. The van der Waals surface area contributed by atoms with Gasteiger partial charge in [-0.05, 0) is 45.0 Å². The van der Waals surface area contributed by atoms with E-state index in [0.29, 0.717) is 54.8 Å². The minimum absolute atomic E-state index is 0.212. The van der Waals surface area contributed by atoms with Crippen LogP contribution in [-0.2, 0) is 19.1 Å². The minimum atomic E-state index is -0.532. The van der Waals surface area contributed by atoms with Crippen LogP contribution in [-0.4, -0.2) is 68.5 Å². The zero-order valence-electron chi connectivity index (χ0n) is 25.7. The Kier molecular flexibility index (Phi) is 14.1. The number of nitrogens with zero attached hydrogens (tertiary/aromatic N) is 2. The Morgan fingerprint density at radius 2 is 1.76 bits per heavy atom. The summed E-state index contributed by atoms with van der Waals surface area (Å²) in [5.74, 6) is -0.833. The Labute approximate surface area is 249 Å². The van der Waals surface area contributed by atoms with Crippen LogP contribution in [0.25, 0.3) is 5.70 Å². The molecule has 0 spiro atoms. The maximum Gasteiger partial charge on any atom is 0.233 e. The fraction of sp³-hybridized carbons (Fsp3) is 0.469. The molecule has 2 aromatic carbocycles. The number of anilines is 2. The van der Waals surface area contributed by atoms with E-state index >= 15 is 4.39 Å². The van der Waals surface area contributed by atoms with Crippen LogP contribution in [0.1, 0.15) is 59.4 Å². The summed E-state index contributed by atoms with van der Waals surface area (Å²) in [4.78, 5) is 30.9. The SMILES string of the molecule is C=C(Nc1ccc(NC(=O)CC(=O)N2CCOC(C)(C)C2)cc1)c1c(F)cc(OCCOC)cc1N=CC.CCCC. The first-order chi connectivity index (χ1) is 20.0. The Balaban J connectivity index is 0.00000144. The number of hydrogen-bond acceptors (Lipinski definition) is 7. The average Bonchev–Trinajstić information content (AvgIpc) is 2.93.